The standard InChI is InChI=1S/C14H12N4OS/c19-14(8-11-4-3-7-20-11)17-12-5-1-2-6-13(12)18-10-15-9-16-18/h1-7,9-10H,8H2,(H,17,19). The van der Waals surface area contributed by atoms with Crippen LogP contribution in [-0.2, 0) is 11.2 Å². The number of hydrogen-bond donors (Lipinski definition) is 1. The first-order valence-corrected chi connectivity index (χ1v) is 6.97. The molecule has 1 aromatic carbocycles. The van der Waals surface area contributed by atoms with Crippen molar-refractivity contribution < 1.29 is 4.79 Å². The van der Waals surface area contributed by atoms with Gasteiger partial charge in [0.25, 0.3) is 0 Å². The van der Waals surface area contributed by atoms with E-state index in [2.05, 4.69) is 15.4 Å². The summed E-state index contributed by atoms with van der Waals surface area (Å²) in [6.45, 7) is 0. The highest BCUT2D eigenvalue weighted by Gasteiger charge is 2.09. The molecule has 0 radical (unpaired) electrons. The van der Waals surface area contributed by atoms with E-state index in [1.165, 1.54) is 6.33 Å². The molecule has 3 rings (SSSR count). The maximum absolute atomic E-state index is 12.1. The first-order valence-electron chi connectivity index (χ1n) is 6.09. The number of nitrogens with one attached hydrogen (secondary N) is 1. The van der Waals surface area contributed by atoms with E-state index in [0.29, 0.717) is 6.42 Å². The third-order valence-electron chi connectivity index (χ3n) is 2.76. The van der Waals surface area contributed by atoms with Gasteiger partial charge in [0.2, 0.25) is 5.91 Å². The maximum Gasteiger partial charge on any atom is 0.229 e. The highest BCUT2D eigenvalue weighted by molar-refractivity contribution is 7.10. The fraction of sp³-hybridized carbons (Fsp3) is 0.0714. The molecule has 5 nitrogen and oxygen atoms in total. The van der Waals surface area contributed by atoms with E-state index in [1.807, 2.05) is 41.8 Å². The van der Waals surface area contributed by atoms with Gasteiger partial charge in [-0.1, -0.05) is 18.2 Å². The van der Waals surface area contributed by atoms with Crippen LogP contribution in [0.2, 0.25) is 0 Å². The van der Waals surface area contributed by atoms with Gasteiger partial charge in [-0.2, -0.15) is 5.10 Å². The number of hydrogen-bond acceptors (Lipinski definition) is 4. The molecule has 0 bridgehead atoms. The number of anilines is 1. The van der Waals surface area contributed by atoms with Crippen LogP contribution in [0.25, 0.3) is 5.69 Å². The molecule has 100 valence electrons. The summed E-state index contributed by atoms with van der Waals surface area (Å²) in [5, 5.41) is 8.97. The molecule has 0 aliphatic heterocycles. The Bertz CT molecular complexity index is 692. The molecule has 1 amide bonds. The quantitative estimate of drug-likeness (QED) is 0.800. The molecule has 0 saturated heterocycles. The number of carbonyl (C=O) groups excluding carboxylic acids is 1. The molecule has 0 unspecified atom stereocenters. The van der Waals surface area contributed by atoms with Crippen molar-refractivity contribution in [1.82, 2.24) is 14.8 Å². The van der Waals surface area contributed by atoms with Crippen molar-refractivity contribution in [2.45, 2.75) is 6.42 Å². The van der Waals surface area contributed by atoms with Gasteiger partial charge >= 0.3 is 0 Å². The first-order chi connectivity index (χ1) is 9.83. The lowest BCUT2D eigenvalue weighted by Crippen LogP contribution is -2.15. The summed E-state index contributed by atoms with van der Waals surface area (Å²) in [5.41, 5.74) is 1.52. The molecular weight excluding hydrogens is 272 g/mol. The second kappa shape index (κ2) is 5.66. The highest BCUT2D eigenvalue weighted by Crippen LogP contribution is 2.19. The minimum absolute atomic E-state index is 0.0417. The van der Waals surface area contributed by atoms with E-state index in [1.54, 1.807) is 22.3 Å². The smallest absolute Gasteiger partial charge is 0.229 e. The van der Waals surface area contributed by atoms with Crippen LogP contribution >= 0.6 is 11.3 Å². The number of para-hydroxylation sites is 2. The summed E-state index contributed by atoms with van der Waals surface area (Å²) in [7, 11) is 0. The number of benzene rings is 1. The monoisotopic (exact) mass is 284 g/mol. The second-order valence-corrected chi connectivity index (χ2v) is 5.19. The largest absolute Gasteiger partial charge is 0.324 e. The molecule has 0 fully saturated rings. The fourth-order valence-corrected chi connectivity index (χ4v) is 2.58. The van der Waals surface area contributed by atoms with Crippen molar-refractivity contribution in [3.8, 4) is 5.69 Å². The average molecular weight is 284 g/mol. The zero-order valence-corrected chi connectivity index (χ0v) is 11.4. The summed E-state index contributed by atoms with van der Waals surface area (Å²) in [5.74, 6) is -0.0417. The Morgan fingerprint density at radius 3 is 2.90 bits per heavy atom. The summed E-state index contributed by atoms with van der Waals surface area (Å²) in [6, 6.07) is 11.4. The van der Waals surface area contributed by atoms with Crippen LogP contribution in [0, 0.1) is 0 Å². The van der Waals surface area contributed by atoms with Crippen LogP contribution in [0.15, 0.2) is 54.4 Å². The van der Waals surface area contributed by atoms with Gasteiger partial charge in [-0.3, -0.25) is 4.79 Å². The lowest BCUT2D eigenvalue weighted by molar-refractivity contribution is -0.115. The van der Waals surface area contributed by atoms with E-state index in [-0.39, 0.29) is 5.91 Å². The Morgan fingerprint density at radius 2 is 2.15 bits per heavy atom. The van der Waals surface area contributed by atoms with Gasteiger partial charge in [0.1, 0.15) is 12.7 Å². The summed E-state index contributed by atoms with van der Waals surface area (Å²) in [4.78, 5) is 17.0. The van der Waals surface area contributed by atoms with Gasteiger partial charge in [-0.05, 0) is 23.6 Å². The van der Waals surface area contributed by atoms with Gasteiger partial charge in [0.05, 0.1) is 17.8 Å². The van der Waals surface area contributed by atoms with E-state index in [9.17, 15) is 4.79 Å². The molecule has 20 heavy (non-hydrogen) atoms. The maximum atomic E-state index is 12.1. The van der Waals surface area contributed by atoms with Crippen LogP contribution < -0.4 is 5.32 Å². The molecular formula is C14H12N4OS. The predicted octanol–water partition coefficient (Wildman–Crippen LogP) is 2.51. The van der Waals surface area contributed by atoms with E-state index < -0.39 is 0 Å². The Balaban J connectivity index is 1.79. The second-order valence-electron chi connectivity index (χ2n) is 4.16. The Kier molecular flexibility index (Phi) is 3.56. The van der Waals surface area contributed by atoms with E-state index in [4.69, 9.17) is 0 Å². The average Bonchev–Trinajstić information content (AvgIpc) is 3.11. The van der Waals surface area contributed by atoms with Gasteiger partial charge in [0, 0.05) is 4.88 Å². The van der Waals surface area contributed by atoms with Gasteiger partial charge in [-0.25, -0.2) is 9.67 Å². The number of carbonyl (C=O) groups is 1. The van der Waals surface area contributed by atoms with Crippen molar-refractivity contribution in [3.05, 3.63) is 59.3 Å². The predicted molar refractivity (Wildman–Crippen MR) is 78.0 cm³/mol. The highest BCUT2D eigenvalue weighted by atomic mass is 32.1. The van der Waals surface area contributed by atoms with Crippen LogP contribution in [-0.4, -0.2) is 20.7 Å². The summed E-state index contributed by atoms with van der Waals surface area (Å²) < 4.78 is 1.63. The van der Waals surface area contributed by atoms with Crippen LogP contribution in [0.5, 0.6) is 0 Å². The van der Waals surface area contributed by atoms with Crippen molar-refractivity contribution in [2.75, 3.05) is 5.32 Å². The molecule has 0 aliphatic rings. The normalized spacial score (nSPS) is 10.4. The molecule has 1 N–H and O–H groups in total. The van der Waals surface area contributed by atoms with Crippen molar-refractivity contribution >= 4 is 22.9 Å². The van der Waals surface area contributed by atoms with Crippen LogP contribution in [0.4, 0.5) is 5.69 Å². The summed E-state index contributed by atoms with van der Waals surface area (Å²) in [6.07, 6.45) is 3.44. The van der Waals surface area contributed by atoms with Crippen molar-refractivity contribution in [1.29, 1.82) is 0 Å². The molecule has 0 atom stereocenters. The minimum Gasteiger partial charge on any atom is -0.324 e. The molecule has 3 aromatic rings. The zero-order valence-electron chi connectivity index (χ0n) is 10.6. The van der Waals surface area contributed by atoms with Crippen molar-refractivity contribution in [3.63, 3.8) is 0 Å². The summed E-state index contributed by atoms with van der Waals surface area (Å²) >= 11 is 1.58. The topological polar surface area (TPSA) is 59.8 Å². The third kappa shape index (κ3) is 2.75. The SMILES string of the molecule is O=C(Cc1cccs1)Nc1ccccc1-n1cncn1. The van der Waals surface area contributed by atoms with Gasteiger partial charge in [0.15, 0.2) is 0 Å². The number of nitrogens with zero attached hydrogens (tertiary/aromatic N) is 3. The Hall–Kier alpha value is -2.47. The molecule has 0 saturated carbocycles. The lowest BCUT2D eigenvalue weighted by atomic mass is 10.2. The lowest BCUT2D eigenvalue weighted by Gasteiger charge is -2.10. The van der Waals surface area contributed by atoms with E-state index >= 15 is 0 Å². The minimum atomic E-state index is -0.0417. The number of thiophene rings is 1. The fourth-order valence-electron chi connectivity index (χ4n) is 1.88. The first kappa shape index (κ1) is 12.6. The van der Waals surface area contributed by atoms with Crippen LogP contribution in [0.3, 0.4) is 0 Å². The van der Waals surface area contributed by atoms with Gasteiger partial charge < -0.3 is 5.32 Å². The molecule has 6 heteroatoms. The molecule has 2 heterocycles. The number of amides is 1. The number of aromatic nitrogens is 3. The molecule has 0 aliphatic carbocycles. The third-order valence-corrected chi connectivity index (χ3v) is 3.63. The Labute approximate surface area is 119 Å². The van der Waals surface area contributed by atoms with Gasteiger partial charge in [-0.15, -0.1) is 11.3 Å². The molecule has 2 aromatic heterocycles. The molecule has 0 spiro atoms. The van der Waals surface area contributed by atoms with Crippen LogP contribution in [0.1, 0.15) is 4.88 Å². The van der Waals surface area contributed by atoms with Crippen molar-refractivity contribution in [2.24, 2.45) is 0 Å². The number of rotatable bonds is 4. The van der Waals surface area contributed by atoms with E-state index in [0.717, 1.165) is 16.3 Å². The zero-order chi connectivity index (χ0) is 13.8. The Morgan fingerprint density at radius 1 is 1.25 bits per heavy atom.